The molecule has 4 rings (SSSR count). The second-order valence-electron chi connectivity index (χ2n) is 8.21. The van der Waals surface area contributed by atoms with Crippen LogP contribution in [0.5, 0.6) is 11.6 Å². The molecule has 1 unspecified atom stereocenters. The van der Waals surface area contributed by atoms with Gasteiger partial charge in [-0.1, -0.05) is 18.2 Å². The number of benzene rings is 2. The highest BCUT2D eigenvalue weighted by molar-refractivity contribution is 7.92. The van der Waals surface area contributed by atoms with Crippen molar-refractivity contribution in [2.45, 2.75) is 37.7 Å². The summed E-state index contributed by atoms with van der Waals surface area (Å²) in [5.41, 5.74) is 2.11. The molecule has 0 aliphatic carbocycles. The molecule has 1 atom stereocenters. The maximum Gasteiger partial charge on any atom is 0.262 e. The Morgan fingerprint density at radius 1 is 1.15 bits per heavy atom. The fraction of sp³-hybridized carbons (Fsp3) is 0.280. The summed E-state index contributed by atoms with van der Waals surface area (Å²) in [6.07, 6.45) is 3.46. The van der Waals surface area contributed by atoms with Gasteiger partial charge >= 0.3 is 0 Å². The predicted molar refractivity (Wildman–Crippen MR) is 129 cm³/mol. The number of nitrogens with zero attached hydrogens (tertiary/aromatic N) is 1. The SMILES string of the molecule is Cc1ccc(C)c(S(=O)(=O)Nc2cccc(Oc3ncccc3C(=O)NCC3CCCO3)c2)c1. The van der Waals surface area contributed by atoms with Gasteiger partial charge in [0.15, 0.2) is 0 Å². The number of sulfonamides is 1. The highest BCUT2D eigenvalue weighted by Gasteiger charge is 2.20. The van der Waals surface area contributed by atoms with Crippen LogP contribution in [0.15, 0.2) is 65.7 Å². The molecule has 1 aliphatic rings. The molecule has 1 fully saturated rings. The molecular formula is C25H27N3O5S. The van der Waals surface area contributed by atoms with Gasteiger partial charge in [-0.05, 0) is 68.1 Å². The molecule has 1 amide bonds. The molecule has 0 spiro atoms. The van der Waals surface area contributed by atoms with E-state index in [4.69, 9.17) is 9.47 Å². The van der Waals surface area contributed by atoms with Crippen molar-refractivity contribution in [2.75, 3.05) is 17.9 Å². The van der Waals surface area contributed by atoms with Crippen molar-refractivity contribution in [1.29, 1.82) is 0 Å². The predicted octanol–water partition coefficient (Wildman–Crippen LogP) is 4.20. The first-order valence-electron chi connectivity index (χ1n) is 11.0. The van der Waals surface area contributed by atoms with Crippen molar-refractivity contribution in [3.8, 4) is 11.6 Å². The Balaban J connectivity index is 1.50. The zero-order chi connectivity index (χ0) is 24.1. The molecule has 3 aromatic rings. The van der Waals surface area contributed by atoms with E-state index in [1.807, 2.05) is 13.0 Å². The number of nitrogens with one attached hydrogen (secondary N) is 2. The molecule has 0 radical (unpaired) electrons. The van der Waals surface area contributed by atoms with Crippen LogP contribution in [0.2, 0.25) is 0 Å². The first-order valence-corrected chi connectivity index (χ1v) is 12.5. The molecule has 2 N–H and O–H groups in total. The number of rotatable bonds is 8. The minimum atomic E-state index is -3.79. The Bertz CT molecular complexity index is 1290. The van der Waals surface area contributed by atoms with Crippen LogP contribution in [0.4, 0.5) is 5.69 Å². The van der Waals surface area contributed by atoms with E-state index in [9.17, 15) is 13.2 Å². The maximum atomic E-state index is 12.9. The average Bonchev–Trinajstić information content (AvgIpc) is 3.33. The lowest BCUT2D eigenvalue weighted by atomic mass is 10.2. The molecule has 178 valence electrons. The minimum Gasteiger partial charge on any atom is -0.438 e. The third-order valence-corrected chi connectivity index (χ3v) is 6.99. The maximum absolute atomic E-state index is 12.9. The van der Waals surface area contributed by atoms with E-state index in [2.05, 4.69) is 15.0 Å². The molecule has 1 aliphatic heterocycles. The number of ether oxygens (including phenoxy) is 2. The molecule has 1 saturated heterocycles. The van der Waals surface area contributed by atoms with Crippen molar-refractivity contribution in [2.24, 2.45) is 0 Å². The van der Waals surface area contributed by atoms with Gasteiger partial charge < -0.3 is 14.8 Å². The topological polar surface area (TPSA) is 107 Å². The van der Waals surface area contributed by atoms with Crippen LogP contribution in [0, 0.1) is 13.8 Å². The Morgan fingerprint density at radius 3 is 2.79 bits per heavy atom. The largest absolute Gasteiger partial charge is 0.438 e. The Kier molecular flexibility index (Phi) is 7.14. The Labute approximate surface area is 199 Å². The van der Waals surface area contributed by atoms with Gasteiger partial charge in [-0.15, -0.1) is 0 Å². The smallest absolute Gasteiger partial charge is 0.262 e. The molecule has 1 aromatic heterocycles. The molecule has 0 saturated carbocycles. The van der Waals surface area contributed by atoms with Crippen molar-refractivity contribution in [3.05, 3.63) is 77.5 Å². The first-order chi connectivity index (χ1) is 16.3. The summed E-state index contributed by atoms with van der Waals surface area (Å²) in [7, 11) is -3.79. The van der Waals surface area contributed by atoms with Crippen molar-refractivity contribution in [1.82, 2.24) is 10.3 Å². The van der Waals surface area contributed by atoms with Gasteiger partial charge in [0.25, 0.3) is 15.9 Å². The number of amides is 1. The zero-order valence-corrected chi connectivity index (χ0v) is 19.9. The van der Waals surface area contributed by atoms with E-state index in [1.165, 1.54) is 6.20 Å². The zero-order valence-electron chi connectivity index (χ0n) is 19.1. The number of pyridine rings is 1. The van der Waals surface area contributed by atoms with E-state index in [1.54, 1.807) is 55.5 Å². The van der Waals surface area contributed by atoms with Crippen LogP contribution in [0.25, 0.3) is 0 Å². The summed E-state index contributed by atoms with van der Waals surface area (Å²) in [6.45, 7) is 4.72. The highest BCUT2D eigenvalue weighted by atomic mass is 32.2. The Morgan fingerprint density at radius 2 is 2.00 bits per heavy atom. The fourth-order valence-corrected chi connectivity index (χ4v) is 5.07. The summed E-state index contributed by atoms with van der Waals surface area (Å²) >= 11 is 0. The summed E-state index contributed by atoms with van der Waals surface area (Å²) in [5, 5.41) is 2.86. The second-order valence-corrected chi connectivity index (χ2v) is 9.86. The molecule has 2 aromatic carbocycles. The van der Waals surface area contributed by atoms with Crippen LogP contribution in [-0.2, 0) is 14.8 Å². The van der Waals surface area contributed by atoms with Gasteiger partial charge in [-0.25, -0.2) is 13.4 Å². The number of aromatic nitrogens is 1. The summed E-state index contributed by atoms with van der Waals surface area (Å²) in [6, 6.07) is 15.1. The number of anilines is 1. The van der Waals surface area contributed by atoms with Crippen LogP contribution in [-0.4, -0.2) is 38.6 Å². The van der Waals surface area contributed by atoms with E-state index < -0.39 is 10.0 Å². The Hall–Kier alpha value is -3.43. The highest BCUT2D eigenvalue weighted by Crippen LogP contribution is 2.27. The lowest BCUT2D eigenvalue weighted by Crippen LogP contribution is -2.32. The summed E-state index contributed by atoms with van der Waals surface area (Å²) < 4.78 is 39.9. The molecule has 8 nitrogen and oxygen atoms in total. The van der Waals surface area contributed by atoms with Crippen LogP contribution < -0.4 is 14.8 Å². The van der Waals surface area contributed by atoms with Gasteiger partial charge in [-0.2, -0.15) is 0 Å². The monoisotopic (exact) mass is 481 g/mol. The van der Waals surface area contributed by atoms with Crippen molar-refractivity contribution < 1.29 is 22.7 Å². The number of hydrogen-bond acceptors (Lipinski definition) is 6. The summed E-state index contributed by atoms with van der Waals surface area (Å²) in [4.78, 5) is 17.1. The first kappa shape index (κ1) is 23.7. The van der Waals surface area contributed by atoms with Crippen LogP contribution >= 0.6 is 0 Å². The third kappa shape index (κ3) is 5.73. The number of carbonyl (C=O) groups excluding carboxylic acids is 1. The van der Waals surface area contributed by atoms with E-state index in [0.29, 0.717) is 30.2 Å². The van der Waals surface area contributed by atoms with E-state index >= 15 is 0 Å². The third-order valence-electron chi connectivity index (χ3n) is 5.46. The van der Waals surface area contributed by atoms with Crippen molar-refractivity contribution >= 4 is 21.6 Å². The summed E-state index contributed by atoms with van der Waals surface area (Å²) in [5.74, 6) is 0.153. The van der Waals surface area contributed by atoms with Crippen LogP contribution in [0.1, 0.15) is 34.3 Å². The standard InChI is InChI=1S/C25H27N3O5S/c1-17-10-11-18(2)23(14-17)34(30,31)28-19-6-3-7-20(15-19)33-25-22(9-4-12-26-25)24(29)27-16-21-8-5-13-32-21/h3-4,6-7,9-12,14-15,21,28H,5,8,13,16H2,1-2H3,(H,27,29). The molecule has 9 heteroatoms. The van der Waals surface area contributed by atoms with Gasteiger partial charge in [-0.3, -0.25) is 9.52 Å². The average molecular weight is 482 g/mol. The van der Waals surface area contributed by atoms with Gasteiger partial charge in [0.2, 0.25) is 5.88 Å². The molecular weight excluding hydrogens is 454 g/mol. The number of carbonyl (C=O) groups is 1. The minimum absolute atomic E-state index is 0.0201. The molecule has 34 heavy (non-hydrogen) atoms. The van der Waals surface area contributed by atoms with E-state index in [0.717, 1.165) is 18.4 Å². The van der Waals surface area contributed by atoms with Crippen molar-refractivity contribution in [3.63, 3.8) is 0 Å². The number of aryl methyl sites for hydroxylation is 2. The van der Waals surface area contributed by atoms with Gasteiger partial charge in [0, 0.05) is 25.4 Å². The van der Waals surface area contributed by atoms with Crippen LogP contribution in [0.3, 0.4) is 0 Å². The van der Waals surface area contributed by atoms with E-state index in [-0.39, 0.29) is 28.4 Å². The molecule has 2 heterocycles. The lowest BCUT2D eigenvalue weighted by molar-refractivity contribution is 0.0855. The van der Waals surface area contributed by atoms with Gasteiger partial charge in [0.1, 0.15) is 11.3 Å². The van der Waals surface area contributed by atoms with Gasteiger partial charge in [0.05, 0.1) is 16.7 Å². The fourth-order valence-electron chi connectivity index (χ4n) is 3.69. The molecule has 0 bridgehead atoms. The normalized spacial score (nSPS) is 15.6. The quantitative estimate of drug-likeness (QED) is 0.499. The lowest BCUT2D eigenvalue weighted by Gasteiger charge is -2.14. The number of hydrogen-bond donors (Lipinski definition) is 2. The second kappa shape index (κ2) is 10.2.